The summed E-state index contributed by atoms with van der Waals surface area (Å²) in [6.45, 7) is 9.20. The largest absolute Gasteiger partial charge is 0.378 e. The molecule has 0 radical (unpaired) electrons. The standard InChI is InChI=1S/C18H31N5O/c1-14-15(18(21(2)20-14)23-9-11-24-12-10-23)13-19-16-6-8-22-7-4-3-5-17(16)22/h16-17,19H,3-13H2,1-2H3/t16-,17+/m1/s1. The minimum atomic E-state index is 0.641. The summed E-state index contributed by atoms with van der Waals surface area (Å²) < 4.78 is 7.57. The van der Waals surface area contributed by atoms with Crippen LogP contribution in [-0.2, 0) is 18.3 Å². The van der Waals surface area contributed by atoms with Crippen LogP contribution in [0.15, 0.2) is 0 Å². The van der Waals surface area contributed by atoms with E-state index in [-0.39, 0.29) is 0 Å². The van der Waals surface area contributed by atoms with E-state index in [1.807, 2.05) is 0 Å². The van der Waals surface area contributed by atoms with Gasteiger partial charge in [-0.3, -0.25) is 9.58 Å². The van der Waals surface area contributed by atoms with Crippen molar-refractivity contribution in [2.24, 2.45) is 7.05 Å². The molecule has 6 heteroatoms. The summed E-state index contributed by atoms with van der Waals surface area (Å²) in [7, 11) is 2.07. The van der Waals surface area contributed by atoms with Crippen molar-refractivity contribution in [2.75, 3.05) is 44.3 Å². The Morgan fingerprint density at radius 3 is 2.79 bits per heavy atom. The first-order valence-corrected chi connectivity index (χ1v) is 9.56. The van der Waals surface area contributed by atoms with E-state index in [4.69, 9.17) is 9.84 Å². The Labute approximate surface area is 145 Å². The second kappa shape index (κ2) is 7.02. The maximum atomic E-state index is 5.52. The Morgan fingerprint density at radius 1 is 1.12 bits per heavy atom. The van der Waals surface area contributed by atoms with Crippen LogP contribution in [0.3, 0.4) is 0 Å². The highest BCUT2D eigenvalue weighted by atomic mass is 16.5. The van der Waals surface area contributed by atoms with Gasteiger partial charge in [0.25, 0.3) is 0 Å². The first-order valence-electron chi connectivity index (χ1n) is 9.56. The lowest BCUT2D eigenvalue weighted by atomic mass is 9.99. The predicted octanol–water partition coefficient (Wildman–Crippen LogP) is 1.28. The third-order valence-corrected chi connectivity index (χ3v) is 6.02. The summed E-state index contributed by atoms with van der Waals surface area (Å²) in [5.41, 5.74) is 2.53. The number of aromatic nitrogens is 2. The Morgan fingerprint density at radius 2 is 1.96 bits per heavy atom. The number of piperidine rings is 1. The molecule has 0 unspecified atom stereocenters. The van der Waals surface area contributed by atoms with Gasteiger partial charge in [0, 0.05) is 50.9 Å². The first kappa shape index (κ1) is 16.4. The molecule has 1 N–H and O–H groups in total. The van der Waals surface area contributed by atoms with E-state index < -0.39 is 0 Å². The quantitative estimate of drug-likeness (QED) is 0.899. The molecule has 6 nitrogen and oxygen atoms in total. The van der Waals surface area contributed by atoms with Crippen LogP contribution in [0.25, 0.3) is 0 Å². The van der Waals surface area contributed by atoms with Gasteiger partial charge in [0.1, 0.15) is 5.82 Å². The van der Waals surface area contributed by atoms with Gasteiger partial charge in [-0.15, -0.1) is 0 Å². The Balaban J connectivity index is 1.46. The van der Waals surface area contributed by atoms with E-state index in [1.165, 1.54) is 50.2 Å². The first-order chi connectivity index (χ1) is 11.7. The monoisotopic (exact) mass is 333 g/mol. The third-order valence-electron chi connectivity index (χ3n) is 6.02. The van der Waals surface area contributed by atoms with Crippen molar-refractivity contribution in [3.05, 3.63) is 11.3 Å². The molecule has 1 aromatic heterocycles. The van der Waals surface area contributed by atoms with E-state index in [0.717, 1.165) is 44.6 Å². The maximum absolute atomic E-state index is 5.52. The van der Waals surface area contributed by atoms with Crippen LogP contribution in [0.1, 0.15) is 36.9 Å². The van der Waals surface area contributed by atoms with Crippen molar-refractivity contribution in [3.63, 3.8) is 0 Å². The number of rotatable bonds is 4. The zero-order valence-corrected chi connectivity index (χ0v) is 15.1. The lowest BCUT2D eigenvalue weighted by Crippen LogP contribution is -2.45. The normalized spacial score (nSPS) is 28.3. The van der Waals surface area contributed by atoms with Crippen LogP contribution in [0.4, 0.5) is 5.82 Å². The predicted molar refractivity (Wildman–Crippen MR) is 95.4 cm³/mol. The summed E-state index contributed by atoms with van der Waals surface area (Å²) in [4.78, 5) is 5.13. The van der Waals surface area contributed by atoms with Crippen molar-refractivity contribution in [2.45, 2.75) is 51.2 Å². The van der Waals surface area contributed by atoms with Crippen LogP contribution < -0.4 is 10.2 Å². The smallest absolute Gasteiger partial charge is 0.131 e. The number of aryl methyl sites for hydroxylation is 2. The number of anilines is 1. The van der Waals surface area contributed by atoms with Gasteiger partial charge < -0.3 is 15.0 Å². The highest BCUT2D eigenvalue weighted by Gasteiger charge is 2.35. The van der Waals surface area contributed by atoms with Crippen LogP contribution in [-0.4, -0.2) is 66.2 Å². The molecule has 2 atom stereocenters. The van der Waals surface area contributed by atoms with Crippen molar-refractivity contribution in [1.82, 2.24) is 20.0 Å². The van der Waals surface area contributed by atoms with E-state index in [9.17, 15) is 0 Å². The highest BCUT2D eigenvalue weighted by molar-refractivity contribution is 5.50. The van der Waals surface area contributed by atoms with E-state index >= 15 is 0 Å². The molecule has 0 amide bonds. The number of hydrogen-bond donors (Lipinski definition) is 1. The van der Waals surface area contributed by atoms with Crippen molar-refractivity contribution < 1.29 is 4.74 Å². The van der Waals surface area contributed by atoms with E-state index in [2.05, 4.69) is 33.8 Å². The molecule has 0 aliphatic carbocycles. The summed E-state index contributed by atoms with van der Waals surface area (Å²) in [5.74, 6) is 1.28. The number of morpholine rings is 1. The molecule has 0 saturated carbocycles. The topological polar surface area (TPSA) is 45.6 Å². The minimum absolute atomic E-state index is 0.641. The summed E-state index contributed by atoms with van der Waals surface area (Å²) >= 11 is 0. The second-order valence-corrected chi connectivity index (χ2v) is 7.49. The number of nitrogens with one attached hydrogen (secondary N) is 1. The van der Waals surface area contributed by atoms with Gasteiger partial charge >= 0.3 is 0 Å². The molecule has 3 fully saturated rings. The molecule has 4 rings (SSSR count). The van der Waals surface area contributed by atoms with Crippen LogP contribution >= 0.6 is 0 Å². The lowest BCUT2D eigenvalue weighted by molar-refractivity contribution is 0.122. The van der Waals surface area contributed by atoms with E-state index in [0.29, 0.717) is 6.04 Å². The molecule has 3 aliphatic rings. The number of nitrogens with zero attached hydrogens (tertiary/aromatic N) is 4. The molecule has 1 aromatic rings. The van der Waals surface area contributed by atoms with Crippen LogP contribution in [0, 0.1) is 6.92 Å². The van der Waals surface area contributed by atoms with Gasteiger partial charge in [0.05, 0.1) is 18.9 Å². The van der Waals surface area contributed by atoms with Crippen molar-refractivity contribution >= 4 is 5.82 Å². The fourth-order valence-corrected chi connectivity index (χ4v) is 4.79. The second-order valence-electron chi connectivity index (χ2n) is 7.49. The molecule has 134 valence electrons. The van der Waals surface area contributed by atoms with Crippen molar-refractivity contribution in [1.29, 1.82) is 0 Å². The highest BCUT2D eigenvalue weighted by Crippen LogP contribution is 2.29. The van der Waals surface area contributed by atoms with Gasteiger partial charge in [0.15, 0.2) is 0 Å². The fraction of sp³-hybridized carbons (Fsp3) is 0.833. The summed E-state index contributed by atoms with van der Waals surface area (Å²) in [6.07, 6.45) is 5.42. The van der Waals surface area contributed by atoms with Crippen molar-refractivity contribution in [3.8, 4) is 0 Å². The molecule has 0 bridgehead atoms. The summed E-state index contributed by atoms with van der Waals surface area (Å²) in [6, 6.07) is 1.39. The van der Waals surface area contributed by atoms with Gasteiger partial charge in [0.2, 0.25) is 0 Å². The minimum Gasteiger partial charge on any atom is -0.378 e. The van der Waals surface area contributed by atoms with Gasteiger partial charge in [-0.25, -0.2) is 0 Å². The van der Waals surface area contributed by atoms with Crippen LogP contribution in [0.5, 0.6) is 0 Å². The summed E-state index contributed by atoms with van der Waals surface area (Å²) in [5, 5.41) is 8.57. The average molecular weight is 333 g/mol. The molecule has 0 aromatic carbocycles. The molecule has 3 aliphatic heterocycles. The molecule has 3 saturated heterocycles. The van der Waals surface area contributed by atoms with Gasteiger partial charge in [-0.05, 0) is 32.7 Å². The maximum Gasteiger partial charge on any atom is 0.131 e. The van der Waals surface area contributed by atoms with E-state index in [1.54, 1.807) is 0 Å². The molecule has 24 heavy (non-hydrogen) atoms. The average Bonchev–Trinajstić information content (AvgIpc) is 3.14. The molecule has 0 spiro atoms. The Kier molecular flexibility index (Phi) is 4.79. The fourth-order valence-electron chi connectivity index (χ4n) is 4.79. The molecular weight excluding hydrogens is 302 g/mol. The zero-order valence-electron chi connectivity index (χ0n) is 15.1. The molecule has 4 heterocycles. The Bertz CT molecular complexity index is 566. The number of hydrogen-bond acceptors (Lipinski definition) is 5. The zero-order chi connectivity index (χ0) is 16.5. The lowest BCUT2D eigenvalue weighted by Gasteiger charge is -2.33. The van der Waals surface area contributed by atoms with Gasteiger partial charge in [-0.2, -0.15) is 5.10 Å². The Hall–Kier alpha value is -1.11. The number of ether oxygens (including phenoxy) is 1. The van der Waals surface area contributed by atoms with Gasteiger partial charge in [-0.1, -0.05) is 6.42 Å². The number of fused-ring (bicyclic) bond motifs is 1. The molecular formula is C18H31N5O. The third kappa shape index (κ3) is 3.07. The van der Waals surface area contributed by atoms with Crippen LogP contribution in [0.2, 0.25) is 0 Å². The SMILES string of the molecule is Cc1nn(C)c(N2CCOCC2)c1CN[C@@H]1CCN2CCCC[C@@H]12.